The van der Waals surface area contributed by atoms with Crippen LogP contribution in [0.3, 0.4) is 0 Å². The topological polar surface area (TPSA) is 125 Å². The zero-order valence-electron chi connectivity index (χ0n) is 23.5. The molecule has 0 saturated carbocycles. The summed E-state index contributed by atoms with van der Waals surface area (Å²) in [5.74, 6) is 2.72. The maximum Gasteiger partial charge on any atom is 0.410 e. The third-order valence-corrected chi connectivity index (χ3v) is 6.32. The Balaban J connectivity index is 0.00000181. The van der Waals surface area contributed by atoms with Crippen LogP contribution < -0.4 is 5.32 Å². The number of ether oxygens (including phenoxy) is 1. The van der Waals surface area contributed by atoms with E-state index in [1.54, 1.807) is 17.3 Å². The fourth-order valence-corrected chi connectivity index (χ4v) is 4.49. The quantitative estimate of drug-likeness (QED) is 0.235. The second-order valence-corrected chi connectivity index (χ2v) is 10.6. The Bertz CT molecular complexity index is 1400. The van der Waals surface area contributed by atoms with Crippen molar-refractivity contribution in [3.05, 3.63) is 54.5 Å². The largest absolute Gasteiger partial charge is 0.444 e. The molecule has 3 aromatic heterocycles. The standard InChI is InChI=1S/C28H35N7O3.C2H2/c1-5-13-35(27(36)38-28(2,3)4)17-24-30-15-22(33-24)26-32-16-23(37-26)19-10-8-18(9-11-19)21-14-31-25(34-21)20-7-6-12-29-20;1-2/h8-11,14-16,20,29H,5-7,12-13,17H2,1-4H3,(H,30,33)(H,31,34);1-2H/t20-;/m0./s1. The van der Waals surface area contributed by atoms with Crippen molar-refractivity contribution in [1.29, 1.82) is 0 Å². The van der Waals surface area contributed by atoms with Crippen molar-refractivity contribution in [3.63, 3.8) is 0 Å². The number of amides is 1. The number of rotatable bonds is 8. The number of aromatic amines is 2. The van der Waals surface area contributed by atoms with Crippen molar-refractivity contribution in [2.24, 2.45) is 0 Å². The molecule has 0 aliphatic carbocycles. The highest BCUT2D eigenvalue weighted by Gasteiger charge is 2.23. The number of terminal acetylenes is 1. The fraction of sp³-hybridized carbons (Fsp3) is 0.400. The van der Waals surface area contributed by atoms with Crippen molar-refractivity contribution in [2.45, 2.75) is 65.1 Å². The maximum atomic E-state index is 12.6. The molecule has 1 aliphatic heterocycles. The van der Waals surface area contributed by atoms with Crippen molar-refractivity contribution < 1.29 is 13.9 Å². The summed E-state index contributed by atoms with van der Waals surface area (Å²) in [4.78, 5) is 34.3. The van der Waals surface area contributed by atoms with Gasteiger partial charge in [0, 0.05) is 12.1 Å². The molecule has 10 nitrogen and oxygen atoms in total. The molecule has 4 heterocycles. The van der Waals surface area contributed by atoms with Crippen LogP contribution in [-0.4, -0.2) is 54.6 Å². The van der Waals surface area contributed by atoms with E-state index >= 15 is 0 Å². The lowest BCUT2D eigenvalue weighted by atomic mass is 10.1. The first-order valence-corrected chi connectivity index (χ1v) is 13.5. The van der Waals surface area contributed by atoms with E-state index in [1.165, 1.54) is 6.42 Å². The van der Waals surface area contributed by atoms with Crippen LogP contribution >= 0.6 is 0 Å². The van der Waals surface area contributed by atoms with E-state index in [0.29, 0.717) is 42.3 Å². The molecule has 40 heavy (non-hydrogen) atoms. The number of oxazole rings is 1. The molecule has 3 N–H and O–H groups in total. The molecular weight excluding hydrogens is 506 g/mol. The lowest BCUT2D eigenvalue weighted by Gasteiger charge is -2.26. The van der Waals surface area contributed by atoms with E-state index in [-0.39, 0.29) is 6.09 Å². The molecule has 0 radical (unpaired) electrons. The van der Waals surface area contributed by atoms with Gasteiger partial charge in [0.25, 0.3) is 0 Å². The van der Waals surface area contributed by atoms with Gasteiger partial charge in [-0.2, -0.15) is 0 Å². The normalized spacial score (nSPS) is 14.9. The lowest BCUT2D eigenvalue weighted by Crippen LogP contribution is -2.37. The highest BCUT2D eigenvalue weighted by atomic mass is 16.6. The van der Waals surface area contributed by atoms with Crippen molar-refractivity contribution in [3.8, 4) is 47.0 Å². The predicted molar refractivity (Wildman–Crippen MR) is 154 cm³/mol. The summed E-state index contributed by atoms with van der Waals surface area (Å²) < 4.78 is 11.6. The fourth-order valence-electron chi connectivity index (χ4n) is 4.49. The number of carbonyl (C=O) groups excluding carboxylic acids is 1. The van der Waals surface area contributed by atoms with Gasteiger partial charge < -0.3 is 29.3 Å². The number of hydrogen-bond donors (Lipinski definition) is 3. The second kappa shape index (κ2) is 12.7. The van der Waals surface area contributed by atoms with Gasteiger partial charge >= 0.3 is 6.09 Å². The van der Waals surface area contributed by atoms with Crippen molar-refractivity contribution >= 4 is 6.09 Å². The second-order valence-electron chi connectivity index (χ2n) is 10.6. The zero-order chi connectivity index (χ0) is 28.7. The monoisotopic (exact) mass is 543 g/mol. The zero-order valence-corrected chi connectivity index (χ0v) is 23.5. The van der Waals surface area contributed by atoms with Gasteiger partial charge in [-0.25, -0.2) is 19.7 Å². The molecule has 1 aliphatic rings. The summed E-state index contributed by atoms with van der Waals surface area (Å²) >= 11 is 0. The van der Waals surface area contributed by atoms with E-state index in [9.17, 15) is 4.79 Å². The van der Waals surface area contributed by atoms with Crippen LogP contribution in [0, 0.1) is 12.8 Å². The number of nitrogens with zero attached hydrogens (tertiary/aromatic N) is 4. The number of imidazole rings is 2. The molecule has 10 heteroatoms. The van der Waals surface area contributed by atoms with Gasteiger partial charge in [-0.1, -0.05) is 31.2 Å². The van der Waals surface area contributed by atoms with E-state index in [2.05, 4.69) is 43.1 Å². The number of benzene rings is 1. The minimum atomic E-state index is -0.557. The first-order chi connectivity index (χ1) is 19.3. The van der Waals surface area contributed by atoms with Gasteiger partial charge in [0.15, 0.2) is 5.76 Å². The molecule has 1 fully saturated rings. The molecule has 0 spiro atoms. The number of hydrogen-bond acceptors (Lipinski definition) is 7. The summed E-state index contributed by atoms with van der Waals surface area (Å²) in [5.41, 5.74) is 3.06. The van der Waals surface area contributed by atoms with Crippen LogP contribution in [0.4, 0.5) is 4.79 Å². The molecule has 4 aromatic rings. The Labute approximate surface area is 235 Å². The van der Waals surface area contributed by atoms with Crippen LogP contribution in [0.25, 0.3) is 34.2 Å². The third kappa shape index (κ3) is 6.98. The Morgan fingerprint density at radius 1 is 1.05 bits per heavy atom. The molecule has 1 aromatic carbocycles. The van der Waals surface area contributed by atoms with Gasteiger partial charge in [0.2, 0.25) is 5.89 Å². The van der Waals surface area contributed by atoms with Crippen LogP contribution in [0.2, 0.25) is 0 Å². The highest BCUT2D eigenvalue weighted by Crippen LogP contribution is 2.29. The van der Waals surface area contributed by atoms with Crippen molar-refractivity contribution in [1.82, 2.24) is 35.1 Å². The number of carbonyl (C=O) groups is 1. The highest BCUT2D eigenvalue weighted by molar-refractivity contribution is 5.68. The number of H-pyrrole nitrogens is 2. The summed E-state index contributed by atoms with van der Waals surface area (Å²) in [6, 6.07) is 8.42. The maximum absolute atomic E-state index is 12.6. The number of aromatic nitrogens is 5. The van der Waals surface area contributed by atoms with Crippen molar-refractivity contribution in [2.75, 3.05) is 13.1 Å². The Morgan fingerprint density at radius 2 is 1.77 bits per heavy atom. The molecular formula is C30H37N7O3. The van der Waals surface area contributed by atoms with E-state index in [4.69, 9.17) is 9.15 Å². The van der Waals surface area contributed by atoms with Gasteiger partial charge in [0.1, 0.15) is 22.9 Å². The summed E-state index contributed by atoms with van der Waals surface area (Å²) in [6.45, 7) is 9.51. The SMILES string of the molecule is C#C.CCCN(Cc1ncc(-c2ncc(-c3ccc(-c4cnc([C@@H]5CCCN5)[nH]4)cc3)o2)[nH]1)C(=O)OC(C)(C)C. The first-order valence-electron chi connectivity index (χ1n) is 13.5. The molecule has 1 saturated heterocycles. The van der Waals surface area contributed by atoms with E-state index < -0.39 is 5.60 Å². The minimum Gasteiger partial charge on any atom is -0.444 e. The number of nitrogens with one attached hydrogen (secondary N) is 3. The Kier molecular flexibility index (Phi) is 9.07. The summed E-state index contributed by atoms with van der Waals surface area (Å²) in [5, 5.41) is 3.47. The van der Waals surface area contributed by atoms with Crippen LogP contribution in [-0.2, 0) is 11.3 Å². The van der Waals surface area contributed by atoms with Gasteiger partial charge in [0.05, 0.1) is 36.9 Å². The van der Waals surface area contributed by atoms with E-state index in [1.807, 2.05) is 58.2 Å². The predicted octanol–water partition coefficient (Wildman–Crippen LogP) is 5.94. The van der Waals surface area contributed by atoms with Crippen LogP contribution in [0.5, 0.6) is 0 Å². The molecule has 1 atom stereocenters. The average molecular weight is 544 g/mol. The Morgan fingerprint density at radius 3 is 2.45 bits per heavy atom. The molecule has 0 bridgehead atoms. The van der Waals surface area contributed by atoms with Gasteiger partial charge in [-0.05, 0) is 52.1 Å². The van der Waals surface area contributed by atoms with E-state index in [0.717, 1.165) is 42.0 Å². The summed E-state index contributed by atoms with van der Waals surface area (Å²) in [6.07, 6.45) is 16.0. The molecule has 210 valence electrons. The van der Waals surface area contributed by atoms with Crippen LogP contribution in [0.15, 0.2) is 47.3 Å². The van der Waals surface area contributed by atoms with Gasteiger partial charge in [-0.15, -0.1) is 12.8 Å². The van der Waals surface area contributed by atoms with Crippen LogP contribution in [0.1, 0.15) is 64.6 Å². The van der Waals surface area contributed by atoms with Gasteiger partial charge in [-0.3, -0.25) is 0 Å². The minimum absolute atomic E-state index is 0.309. The summed E-state index contributed by atoms with van der Waals surface area (Å²) in [7, 11) is 0. The average Bonchev–Trinajstić information content (AvgIpc) is 3.75. The molecule has 0 unspecified atom stereocenters. The Hall–Kier alpha value is -4.36. The first kappa shape index (κ1) is 28.6. The smallest absolute Gasteiger partial charge is 0.410 e. The third-order valence-electron chi connectivity index (χ3n) is 6.32. The molecule has 5 rings (SSSR count). The molecule has 1 amide bonds. The lowest BCUT2D eigenvalue weighted by molar-refractivity contribution is 0.0229.